The maximum atomic E-state index is 13.0. The normalized spacial score (nSPS) is 15.8. The second-order valence-corrected chi connectivity index (χ2v) is 11.4. The summed E-state index contributed by atoms with van der Waals surface area (Å²) >= 11 is -0.466. The number of quaternary nitrogens is 1. The first-order valence-corrected chi connectivity index (χ1v) is 12.5. The Kier molecular flexibility index (Phi) is 12.0. The number of nitrogens with zero attached hydrogens (tertiary/aromatic N) is 1. The van der Waals surface area contributed by atoms with Crippen LogP contribution in [0.3, 0.4) is 0 Å². The molecule has 0 aromatic heterocycles. The average molecular weight is 517 g/mol. The molecule has 1 unspecified atom stereocenters. The summed E-state index contributed by atoms with van der Waals surface area (Å²) < 4.78 is 6.36. The van der Waals surface area contributed by atoms with E-state index in [-0.39, 0.29) is 20.5 Å². The molecule has 168 valence electrons. The summed E-state index contributed by atoms with van der Waals surface area (Å²) in [5.41, 5.74) is 8.77. The monoisotopic (exact) mass is 517 g/mol. The molecule has 0 bridgehead atoms. The summed E-state index contributed by atoms with van der Waals surface area (Å²) in [7, 11) is 1.83. The van der Waals surface area contributed by atoms with Crippen LogP contribution in [0, 0.1) is 0 Å². The Bertz CT molecular complexity index is 497. The van der Waals surface area contributed by atoms with Gasteiger partial charge >= 0.3 is 180 Å². The molecule has 0 rings (SSSR count). The second-order valence-electron chi connectivity index (χ2n) is 7.97. The SMILES string of the molecule is CCC(CC)(NNO)C(=O)N[C@H](C[N+](C)(CC)C(=O)OC(C)(C)C)[I-]CCN. The number of halogens is 1. The van der Waals surface area contributed by atoms with Crippen LogP contribution in [0.4, 0.5) is 4.79 Å². The predicted molar refractivity (Wildman–Crippen MR) is 105 cm³/mol. The van der Waals surface area contributed by atoms with Crippen LogP contribution in [0.5, 0.6) is 0 Å². The first-order valence-electron chi connectivity index (χ1n) is 9.76. The van der Waals surface area contributed by atoms with Gasteiger partial charge in [0.2, 0.25) is 0 Å². The summed E-state index contributed by atoms with van der Waals surface area (Å²) in [5.74, 6) is -0.201. The van der Waals surface area contributed by atoms with Gasteiger partial charge in [0.15, 0.2) is 0 Å². The van der Waals surface area contributed by atoms with Crippen LogP contribution >= 0.6 is 0 Å². The Morgan fingerprint density at radius 1 is 1.21 bits per heavy atom. The van der Waals surface area contributed by atoms with E-state index in [0.717, 1.165) is 4.43 Å². The number of nitrogens with two attached hydrogens (primary N) is 1. The molecule has 0 spiro atoms. The van der Waals surface area contributed by atoms with Crippen molar-refractivity contribution in [2.45, 2.75) is 69.6 Å². The Hall–Kier alpha value is -0.530. The molecule has 6 N–H and O–H groups in total. The molecular weight excluding hydrogens is 477 g/mol. The zero-order valence-electron chi connectivity index (χ0n) is 18.4. The van der Waals surface area contributed by atoms with Crippen LogP contribution in [-0.2, 0) is 9.53 Å². The van der Waals surface area contributed by atoms with E-state index in [4.69, 9.17) is 15.7 Å². The van der Waals surface area contributed by atoms with Crippen LogP contribution < -0.4 is 43.3 Å². The Balaban J connectivity index is 5.49. The van der Waals surface area contributed by atoms with Crippen molar-refractivity contribution in [3.63, 3.8) is 0 Å². The molecular formula is C18H40IN5O4. The molecule has 9 nitrogen and oxygen atoms in total. The van der Waals surface area contributed by atoms with Gasteiger partial charge in [-0.2, -0.15) is 0 Å². The molecule has 0 aliphatic heterocycles. The number of hydrogen-bond donors (Lipinski definition) is 5. The third-order valence-corrected chi connectivity index (χ3v) is 7.74. The molecule has 0 aliphatic carbocycles. The van der Waals surface area contributed by atoms with Gasteiger partial charge in [-0.15, -0.1) is 0 Å². The van der Waals surface area contributed by atoms with E-state index < -0.39 is 32.3 Å². The number of likely N-dealkylation sites (N-methyl/N-ethyl adjacent to an activating group) is 1. The summed E-state index contributed by atoms with van der Waals surface area (Å²) in [6.07, 6.45) is 0.687. The van der Waals surface area contributed by atoms with Crippen LogP contribution in [0.15, 0.2) is 0 Å². The second kappa shape index (κ2) is 12.2. The molecule has 28 heavy (non-hydrogen) atoms. The topological polar surface area (TPSA) is 126 Å². The number of amides is 2. The van der Waals surface area contributed by atoms with Crippen LogP contribution in [-0.4, -0.2) is 68.0 Å². The third-order valence-electron chi connectivity index (χ3n) is 4.72. The van der Waals surface area contributed by atoms with Crippen LogP contribution in [0.25, 0.3) is 0 Å². The molecule has 0 aromatic carbocycles. The molecule has 0 aliphatic rings. The zero-order chi connectivity index (χ0) is 22.0. The number of rotatable bonds is 12. The van der Waals surface area contributed by atoms with Crippen molar-refractivity contribution in [3.8, 4) is 0 Å². The van der Waals surface area contributed by atoms with Gasteiger partial charge in [-0.1, -0.05) is 0 Å². The minimum absolute atomic E-state index is 0.0729. The Morgan fingerprint density at radius 2 is 1.79 bits per heavy atom. The van der Waals surface area contributed by atoms with Crippen LogP contribution in [0.2, 0.25) is 0 Å². The molecule has 0 saturated carbocycles. The number of nitrogens with one attached hydrogen (secondary N) is 3. The summed E-state index contributed by atoms with van der Waals surface area (Å²) in [6.45, 7) is 12.8. The fourth-order valence-electron chi connectivity index (χ4n) is 2.58. The molecule has 0 heterocycles. The molecule has 2 atom stereocenters. The van der Waals surface area contributed by atoms with Gasteiger partial charge < -0.3 is 0 Å². The zero-order valence-corrected chi connectivity index (χ0v) is 20.6. The molecule has 0 aromatic rings. The standard InChI is InChI=1S/C18H40IN5O4/c1-8-18(9-2,22-23-27)15(25)21-14(19-11-12-20)13-24(7,10-3)16(26)28-17(4,5)6/h14,22-23,27H,8-13,20H2,1-7H3,(H,21,25)/t14-,24?/m1/s1. The molecule has 10 heteroatoms. The van der Waals surface area contributed by atoms with Gasteiger partial charge in [0, 0.05) is 0 Å². The average Bonchev–Trinajstić information content (AvgIpc) is 2.62. The van der Waals surface area contributed by atoms with Crippen LogP contribution in [0.1, 0.15) is 54.4 Å². The molecule has 0 fully saturated rings. The van der Waals surface area contributed by atoms with Gasteiger partial charge in [0.25, 0.3) is 0 Å². The van der Waals surface area contributed by atoms with E-state index in [1.54, 1.807) is 0 Å². The quantitative estimate of drug-likeness (QED) is 0.0662. The number of carbonyl (C=O) groups is 2. The van der Waals surface area contributed by atoms with E-state index in [9.17, 15) is 9.59 Å². The minimum atomic E-state index is -0.930. The number of hydrogen-bond acceptors (Lipinski definition) is 7. The number of alkyl halides is 2. The summed E-state index contributed by atoms with van der Waals surface area (Å²) in [6, 6.07) is 0. The first-order chi connectivity index (χ1) is 12.9. The maximum absolute atomic E-state index is 13.0. The van der Waals surface area contributed by atoms with Crippen molar-refractivity contribution in [2.75, 3.05) is 31.1 Å². The third kappa shape index (κ3) is 8.46. The molecule has 2 amide bonds. The van der Waals surface area contributed by atoms with Crippen molar-refractivity contribution in [1.82, 2.24) is 16.3 Å². The summed E-state index contributed by atoms with van der Waals surface area (Å²) in [5, 5.41) is 12.2. The van der Waals surface area contributed by atoms with Gasteiger partial charge in [0.05, 0.1) is 0 Å². The summed E-state index contributed by atoms with van der Waals surface area (Å²) in [4.78, 5) is 25.8. The number of hydrazine groups is 1. The van der Waals surface area contributed by atoms with Crippen molar-refractivity contribution in [1.29, 1.82) is 0 Å². The molecule has 0 saturated heterocycles. The number of carbonyl (C=O) groups excluding carboxylic acids is 2. The Morgan fingerprint density at radius 3 is 2.18 bits per heavy atom. The van der Waals surface area contributed by atoms with Gasteiger partial charge in [0.1, 0.15) is 0 Å². The van der Waals surface area contributed by atoms with E-state index in [2.05, 4.69) is 10.7 Å². The Labute approximate surface area is 179 Å². The van der Waals surface area contributed by atoms with Crippen molar-refractivity contribution in [2.24, 2.45) is 5.73 Å². The van der Waals surface area contributed by atoms with E-state index in [0.29, 0.717) is 32.5 Å². The van der Waals surface area contributed by atoms with E-state index >= 15 is 0 Å². The predicted octanol–water partition coefficient (Wildman–Crippen LogP) is -2.08. The van der Waals surface area contributed by atoms with Crippen molar-refractivity contribution >= 4 is 12.0 Å². The van der Waals surface area contributed by atoms with Crippen molar-refractivity contribution < 1.29 is 45.2 Å². The van der Waals surface area contributed by atoms with E-state index in [1.807, 2.05) is 54.2 Å². The first kappa shape index (κ1) is 27.5. The number of ether oxygens (including phenoxy) is 1. The van der Waals surface area contributed by atoms with Crippen molar-refractivity contribution in [3.05, 3.63) is 0 Å². The van der Waals surface area contributed by atoms with Gasteiger partial charge in [-0.25, -0.2) is 0 Å². The fraction of sp³-hybridized carbons (Fsp3) is 0.889. The molecule has 0 radical (unpaired) electrons. The van der Waals surface area contributed by atoms with E-state index in [1.165, 1.54) is 0 Å². The van der Waals surface area contributed by atoms with Gasteiger partial charge in [-0.05, 0) is 0 Å². The fourth-order valence-corrected chi connectivity index (χ4v) is 5.34. The van der Waals surface area contributed by atoms with Gasteiger partial charge in [-0.3, -0.25) is 0 Å².